The summed E-state index contributed by atoms with van der Waals surface area (Å²) in [5, 5.41) is 0. The van der Waals surface area contributed by atoms with E-state index in [4.69, 9.17) is 18.9 Å². The minimum absolute atomic E-state index is 0.141. The van der Waals surface area contributed by atoms with Crippen molar-refractivity contribution in [1.82, 2.24) is 0 Å². The van der Waals surface area contributed by atoms with Gasteiger partial charge in [0.05, 0.1) is 19.8 Å². The summed E-state index contributed by atoms with van der Waals surface area (Å²) in [5.41, 5.74) is 2.56. The van der Waals surface area contributed by atoms with Gasteiger partial charge in [-0.15, -0.1) is 0 Å². The molecule has 1 saturated heterocycles. The van der Waals surface area contributed by atoms with Crippen LogP contribution in [0.3, 0.4) is 0 Å². The van der Waals surface area contributed by atoms with Crippen LogP contribution < -0.4 is 0 Å². The van der Waals surface area contributed by atoms with Crippen molar-refractivity contribution in [3.63, 3.8) is 0 Å². The molecule has 1 aliphatic heterocycles. The van der Waals surface area contributed by atoms with Gasteiger partial charge in [-0.3, -0.25) is 4.79 Å². The molecule has 5 nitrogen and oxygen atoms in total. The van der Waals surface area contributed by atoms with Gasteiger partial charge in [0.1, 0.15) is 18.3 Å². The fraction of sp³-hybridized carbons (Fsp3) is 0.321. The van der Waals surface area contributed by atoms with Crippen LogP contribution in [0.1, 0.15) is 35.3 Å². The summed E-state index contributed by atoms with van der Waals surface area (Å²) in [6.45, 7) is 4.66. The molecule has 0 saturated carbocycles. The highest BCUT2D eigenvalue weighted by Crippen LogP contribution is 2.29. The van der Waals surface area contributed by atoms with E-state index in [1.165, 1.54) is 0 Å². The van der Waals surface area contributed by atoms with Crippen molar-refractivity contribution < 1.29 is 23.7 Å². The number of Topliss-reactive ketones (excluding diaryl/α,β-unsaturated/α-hetero) is 1. The van der Waals surface area contributed by atoms with Crippen LogP contribution in [0.5, 0.6) is 0 Å². The van der Waals surface area contributed by atoms with E-state index in [0.29, 0.717) is 18.8 Å². The van der Waals surface area contributed by atoms with Crippen molar-refractivity contribution in [3.05, 3.63) is 108 Å². The molecule has 5 heteroatoms. The zero-order valence-corrected chi connectivity index (χ0v) is 19.1. The molecule has 172 valence electrons. The Balaban J connectivity index is 1.61. The van der Waals surface area contributed by atoms with Gasteiger partial charge >= 0.3 is 0 Å². The van der Waals surface area contributed by atoms with Gasteiger partial charge in [0.2, 0.25) is 0 Å². The highest BCUT2D eigenvalue weighted by atomic mass is 16.8. The summed E-state index contributed by atoms with van der Waals surface area (Å²) in [6.07, 6.45) is -1.96. The van der Waals surface area contributed by atoms with Crippen LogP contribution in [0.4, 0.5) is 0 Å². The highest BCUT2D eigenvalue weighted by Gasteiger charge is 2.44. The van der Waals surface area contributed by atoms with Crippen LogP contribution >= 0.6 is 0 Å². The molecule has 0 bridgehead atoms. The Morgan fingerprint density at radius 3 is 1.88 bits per heavy atom. The first-order chi connectivity index (χ1) is 16.0. The molecule has 4 rings (SSSR count). The SMILES string of the molecule is CC1(C)OC[C@H]([C@@H](OCc2ccccc2)[C@H](OCc2ccccc2)C(=O)c2ccccc2)O1. The smallest absolute Gasteiger partial charge is 0.194 e. The largest absolute Gasteiger partial charge is 0.368 e. The molecule has 0 aromatic heterocycles. The average molecular weight is 447 g/mol. The lowest BCUT2D eigenvalue weighted by atomic mass is 9.98. The molecule has 0 unspecified atom stereocenters. The van der Waals surface area contributed by atoms with Crippen LogP contribution in [-0.4, -0.2) is 36.5 Å². The van der Waals surface area contributed by atoms with Crippen molar-refractivity contribution in [3.8, 4) is 0 Å². The maximum Gasteiger partial charge on any atom is 0.194 e. The number of benzene rings is 3. The van der Waals surface area contributed by atoms with Gasteiger partial charge in [0.15, 0.2) is 11.6 Å². The first kappa shape index (κ1) is 23.3. The molecule has 1 fully saturated rings. The predicted molar refractivity (Wildman–Crippen MR) is 126 cm³/mol. The number of carbonyl (C=O) groups excluding carboxylic acids is 1. The molecule has 33 heavy (non-hydrogen) atoms. The summed E-state index contributed by atoms with van der Waals surface area (Å²) in [5.74, 6) is -0.892. The van der Waals surface area contributed by atoms with E-state index in [1.54, 1.807) is 12.1 Å². The van der Waals surface area contributed by atoms with Crippen molar-refractivity contribution in [1.29, 1.82) is 0 Å². The minimum Gasteiger partial charge on any atom is -0.368 e. The van der Waals surface area contributed by atoms with Gasteiger partial charge in [-0.25, -0.2) is 0 Å². The van der Waals surface area contributed by atoms with E-state index in [0.717, 1.165) is 11.1 Å². The summed E-state index contributed by atoms with van der Waals surface area (Å²) in [6, 6.07) is 28.8. The molecule has 1 heterocycles. The molecule has 1 aliphatic rings. The van der Waals surface area contributed by atoms with Gasteiger partial charge in [-0.05, 0) is 25.0 Å². The van der Waals surface area contributed by atoms with Crippen molar-refractivity contribution in [2.75, 3.05) is 6.61 Å². The van der Waals surface area contributed by atoms with E-state index in [9.17, 15) is 4.79 Å². The van der Waals surface area contributed by atoms with Gasteiger partial charge in [0, 0.05) is 5.56 Å². The topological polar surface area (TPSA) is 54.0 Å². The molecule has 3 aromatic carbocycles. The number of hydrogen-bond acceptors (Lipinski definition) is 5. The molecule has 3 aromatic rings. The maximum absolute atomic E-state index is 13.6. The molecule has 0 spiro atoms. The van der Waals surface area contributed by atoms with Gasteiger partial charge in [0.25, 0.3) is 0 Å². The van der Waals surface area contributed by atoms with Gasteiger partial charge < -0.3 is 18.9 Å². The second-order valence-electron chi connectivity index (χ2n) is 8.58. The van der Waals surface area contributed by atoms with E-state index >= 15 is 0 Å². The first-order valence-corrected chi connectivity index (χ1v) is 11.2. The number of ether oxygens (including phenoxy) is 4. The van der Waals surface area contributed by atoms with Crippen LogP contribution in [0.2, 0.25) is 0 Å². The fourth-order valence-electron chi connectivity index (χ4n) is 3.88. The fourth-order valence-corrected chi connectivity index (χ4v) is 3.88. The summed E-state index contributed by atoms with van der Waals surface area (Å²) < 4.78 is 24.6. The van der Waals surface area contributed by atoms with E-state index < -0.39 is 24.1 Å². The van der Waals surface area contributed by atoms with Crippen molar-refractivity contribution in [2.45, 2.75) is 51.2 Å². The number of carbonyl (C=O) groups is 1. The quantitative estimate of drug-likeness (QED) is 0.401. The van der Waals surface area contributed by atoms with E-state index in [-0.39, 0.29) is 12.4 Å². The Hall–Kier alpha value is -2.83. The zero-order chi connectivity index (χ0) is 23.1. The van der Waals surface area contributed by atoms with E-state index in [1.807, 2.05) is 92.7 Å². The molecular weight excluding hydrogens is 416 g/mol. The van der Waals surface area contributed by atoms with Gasteiger partial charge in [-0.2, -0.15) is 0 Å². The van der Waals surface area contributed by atoms with Crippen LogP contribution in [0.15, 0.2) is 91.0 Å². The summed E-state index contributed by atoms with van der Waals surface area (Å²) in [4.78, 5) is 13.6. The zero-order valence-electron chi connectivity index (χ0n) is 19.1. The maximum atomic E-state index is 13.6. The second kappa shape index (κ2) is 10.9. The molecule has 0 N–H and O–H groups in total. The molecular formula is C28H30O5. The number of ketones is 1. The normalized spacial score (nSPS) is 19.2. The third kappa shape index (κ3) is 6.36. The minimum atomic E-state index is -0.862. The lowest BCUT2D eigenvalue weighted by Gasteiger charge is -2.31. The van der Waals surface area contributed by atoms with Crippen LogP contribution in [-0.2, 0) is 32.2 Å². The Labute approximate surface area is 195 Å². The molecule has 0 aliphatic carbocycles. The Bertz CT molecular complexity index is 1000. The monoisotopic (exact) mass is 446 g/mol. The summed E-state index contributed by atoms with van der Waals surface area (Å²) >= 11 is 0. The molecule has 3 atom stereocenters. The van der Waals surface area contributed by atoms with Crippen molar-refractivity contribution in [2.24, 2.45) is 0 Å². The second-order valence-corrected chi connectivity index (χ2v) is 8.58. The van der Waals surface area contributed by atoms with E-state index in [2.05, 4.69) is 0 Å². The lowest BCUT2D eigenvalue weighted by molar-refractivity contribution is -0.173. The third-order valence-electron chi connectivity index (χ3n) is 5.57. The Morgan fingerprint density at radius 2 is 1.36 bits per heavy atom. The number of hydrogen-bond donors (Lipinski definition) is 0. The average Bonchev–Trinajstić information content (AvgIpc) is 3.21. The standard InChI is InChI=1S/C28H30O5/c1-28(2)32-20-24(33-28)26(30-18-21-12-6-3-7-13-21)27(25(29)23-16-10-5-11-17-23)31-19-22-14-8-4-9-15-22/h3-17,24,26-27H,18-20H2,1-2H3/t24-,26-,27-/m1/s1. The number of rotatable bonds is 10. The van der Waals surface area contributed by atoms with Gasteiger partial charge in [-0.1, -0.05) is 91.0 Å². The van der Waals surface area contributed by atoms with Crippen molar-refractivity contribution >= 4 is 5.78 Å². The summed E-state index contributed by atoms with van der Waals surface area (Å²) in [7, 11) is 0. The molecule has 0 radical (unpaired) electrons. The Morgan fingerprint density at radius 1 is 0.848 bits per heavy atom. The van der Waals surface area contributed by atoms with Crippen LogP contribution in [0, 0.1) is 0 Å². The third-order valence-corrected chi connectivity index (χ3v) is 5.57. The lowest BCUT2D eigenvalue weighted by Crippen LogP contribution is -2.47. The highest BCUT2D eigenvalue weighted by molar-refractivity contribution is 6.00. The first-order valence-electron chi connectivity index (χ1n) is 11.2. The van der Waals surface area contributed by atoms with Crippen LogP contribution in [0.25, 0.3) is 0 Å². The Kier molecular flexibility index (Phi) is 7.68. The molecule has 0 amide bonds. The predicted octanol–water partition coefficient (Wildman–Crippen LogP) is 5.19.